The van der Waals surface area contributed by atoms with Crippen LogP contribution < -0.4 is 5.32 Å². The molecule has 0 radical (unpaired) electrons. The number of pyridine rings is 1. The molecule has 1 aromatic carbocycles. The number of hydrogen-bond acceptors (Lipinski definition) is 6. The summed E-state index contributed by atoms with van der Waals surface area (Å²) in [6.07, 6.45) is 10.5. The van der Waals surface area contributed by atoms with Gasteiger partial charge >= 0.3 is 0 Å². The molecule has 3 heterocycles. The van der Waals surface area contributed by atoms with E-state index in [1.54, 1.807) is 0 Å². The minimum atomic E-state index is -0.151. The quantitative estimate of drug-likeness (QED) is 0.394. The lowest BCUT2D eigenvalue weighted by Crippen LogP contribution is -2.32. The number of hydrogen-bond donors (Lipinski definition) is 1. The summed E-state index contributed by atoms with van der Waals surface area (Å²) in [6, 6.07) is 12.9. The molecule has 0 saturated heterocycles. The molecule has 0 bridgehead atoms. The number of benzene rings is 1. The van der Waals surface area contributed by atoms with Crippen LogP contribution in [-0.4, -0.2) is 35.3 Å². The molecule has 190 valence electrons. The van der Waals surface area contributed by atoms with Gasteiger partial charge in [0.15, 0.2) is 0 Å². The molecule has 1 N–H and O–H groups in total. The van der Waals surface area contributed by atoms with E-state index in [1.807, 2.05) is 51.6 Å². The standard InChI is InChI=1S/C29H33N7O/c1-20-27(21(2)34-19-33-20)29(37)32-16-22-7-4-8-23(15-22)17-36(18-26-30-13-14-35(26)3)25-11-5-9-24-10-6-12-31-28(24)25/h4,6-8,10,12-15,19,25H,5,9,11,16-18H2,1-3H3,(H,32,37). The van der Waals surface area contributed by atoms with E-state index in [2.05, 4.69) is 54.0 Å². The van der Waals surface area contributed by atoms with Crippen molar-refractivity contribution in [3.05, 3.63) is 106 Å². The van der Waals surface area contributed by atoms with Gasteiger partial charge < -0.3 is 9.88 Å². The van der Waals surface area contributed by atoms with Crippen molar-refractivity contribution in [2.75, 3.05) is 0 Å². The average molecular weight is 496 g/mol. The van der Waals surface area contributed by atoms with Crippen molar-refractivity contribution >= 4 is 5.91 Å². The van der Waals surface area contributed by atoms with Gasteiger partial charge in [0.25, 0.3) is 5.91 Å². The van der Waals surface area contributed by atoms with Gasteiger partial charge in [-0.3, -0.25) is 14.7 Å². The highest BCUT2D eigenvalue weighted by Gasteiger charge is 2.28. The van der Waals surface area contributed by atoms with Crippen LogP contribution in [0.2, 0.25) is 0 Å². The molecule has 0 saturated carbocycles. The number of rotatable bonds is 8. The first-order chi connectivity index (χ1) is 18.0. The molecule has 5 rings (SSSR count). The van der Waals surface area contributed by atoms with Gasteiger partial charge in [-0.2, -0.15) is 0 Å². The minimum Gasteiger partial charge on any atom is -0.348 e. The average Bonchev–Trinajstić information content (AvgIpc) is 3.31. The Kier molecular flexibility index (Phi) is 7.37. The Labute approximate surface area is 217 Å². The zero-order valence-corrected chi connectivity index (χ0v) is 21.7. The van der Waals surface area contributed by atoms with Crippen molar-refractivity contribution in [1.29, 1.82) is 0 Å². The third kappa shape index (κ3) is 5.59. The maximum absolute atomic E-state index is 12.8. The van der Waals surface area contributed by atoms with Gasteiger partial charge in [-0.25, -0.2) is 15.0 Å². The highest BCUT2D eigenvalue weighted by molar-refractivity contribution is 5.96. The van der Waals surface area contributed by atoms with E-state index in [0.717, 1.165) is 43.7 Å². The molecule has 1 aliphatic carbocycles. The van der Waals surface area contributed by atoms with E-state index in [1.165, 1.54) is 23.1 Å². The van der Waals surface area contributed by atoms with Crippen LogP contribution in [0.3, 0.4) is 0 Å². The molecule has 37 heavy (non-hydrogen) atoms. The molecule has 8 nitrogen and oxygen atoms in total. The zero-order valence-electron chi connectivity index (χ0n) is 21.7. The Bertz CT molecular complexity index is 1380. The van der Waals surface area contributed by atoms with Crippen LogP contribution in [-0.2, 0) is 33.1 Å². The van der Waals surface area contributed by atoms with Gasteiger partial charge in [0.2, 0.25) is 0 Å². The molecule has 0 spiro atoms. The Morgan fingerprint density at radius 1 is 1.03 bits per heavy atom. The number of nitrogens with one attached hydrogen (secondary N) is 1. The van der Waals surface area contributed by atoms with Gasteiger partial charge in [-0.15, -0.1) is 0 Å². The van der Waals surface area contributed by atoms with Crippen molar-refractivity contribution in [2.45, 2.75) is 58.8 Å². The van der Waals surface area contributed by atoms with Crippen molar-refractivity contribution in [3.8, 4) is 0 Å². The summed E-state index contributed by atoms with van der Waals surface area (Å²) in [5, 5.41) is 3.04. The molecule has 0 fully saturated rings. The lowest BCUT2D eigenvalue weighted by molar-refractivity contribution is 0.0948. The van der Waals surface area contributed by atoms with Crippen LogP contribution in [0.25, 0.3) is 0 Å². The van der Waals surface area contributed by atoms with Gasteiger partial charge in [0.1, 0.15) is 12.2 Å². The molecule has 4 aromatic rings. The summed E-state index contributed by atoms with van der Waals surface area (Å²) in [7, 11) is 2.04. The number of amides is 1. The molecule has 1 unspecified atom stereocenters. The molecule has 0 aliphatic heterocycles. The number of nitrogens with zero attached hydrogens (tertiary/aromatic N) is 6. The van der Waals surface area contributed by atoms with Crippen LogP contribution in [0.15, 0.2) is 61.3 Å². The van der Waals surface area contributed by atoms with E-state index < -0.39 is 0 Å². The Hall–Kier alpha value is -3.91. The highest BCUT2D eigenvalue weighted by Crippen LogP contribution is 2.34. The number of fused-ring (bicyclic) bond motifs is 1. The maximum Gasteiger partial charge on any atom is 0.255 e. The number of imidazole rings is 1. The van der Waals surface area contributed by atoms with Crippen LogP contribution in [0, 0.1) is 13.8 Å². The van der Waals surface area contributed by atoms with Crippen molar-refractivity contribution in [2.24, 2.45) is 7.05 Å². The number of carbonyl (C=O) groups is 1. The van der Waals surface area contributed by atoms with Gasteiger partial charge in [-0.05, 0) is 55.9 Å². The van der Waals surface area contributed by atoms with Crippen LogP contribution in [0.4, 0.5) is 0 Å². The fraction of sp³-hybridized carbons (Fsp3) is 0.345. The maximum atomic E-state index is 12.8. The fourth-order valence-electron chi connectivity index (χ4n) is 5.21. The minimum absolute atomic E-state index is 0.151. The molecule has 1 aliphatic rings. The fourth-order valence-corrected chi connectivity index (χ4v) is 5.21. The van der Waals surface area contributed by atoms with Gasteiger partial charge in [-0.1, -0.05) is 30.3 Å². The van der Waals surface area contributed by atoms with Crippen molar-refractivity contribution < 1.29 is 4.79 Å². The molecule has 1 amide bonds. The van der Waals surface area contributed by atoms with Crippen LogP contribution in [0.1, 0.15) is 68.8 Å². The number of aryl methyl sites for hydroxylation is 4. The number of carbonyl (C=O) groups excluding carboxylic acids is 1. The monoisotopic (exact) mass is 495 g/mol. The number of aromatic nitrogens is 5. The van der Waals surface area contributed by atoms with E-state index in [9.17, 15) is 4.79 Å². The summed E-state index contributed by atoms with van der Waals surface area (Å²) >= 11 is 0. The molecule has 3 aromatic heterocycles. The Morgan fingerprint density at radius 2 is 1.84 bits per heavy atom. The first-order valence-corrected chi connectivity index (χ1v) is 12.8. The van der Waals surface area contributed by atoms with E-state index >= 15 is 0 Å². The Balaban J connectivity index is 1.35. The topological polar surface area (TPSA) is 88.8 Å². The lowest BCUT2D eigenvalue weighted by Gasteiger charge is -2.35. The summed E-state index contributed by atoms with van der Waals surface area (Å²) < 4.78 is 2.08. The summed E-state index contributed by atoms with van der Waals surface area (Å²) in [6.45, 7) is 5.60. The second kappa shape index (κ2) is 11.0. The SMILES string of the molecule is Cc1ncnc(C)c1C(=O)NCc1cccc(CN(Cc2nccn2C)C2CCCc3cccnc32)c1. The Morgan fingerprint density at radius 3 is 2.62 bits per heavy atom. The summed E-state index contributed by atoms with van der Waals surface area (Å²) in [4.78, 5) is 33.1. The second-order valence-electron chi connectivity index (χ2n) is 9.74. The van der Waals surface area contributed by atoms with Crippen molar-refractivity contribution in [1.82, 2.24) is 34.7 Å². The summed E-state index contributed by atoms with van der Waals surface area (Å²) in [5.41, 5.74) is 6.69. The zero-order chi connectivity index (χ0) is 25.8. The predicted octanol–water partition coefficient (Wildman–Crippen LogP) is 4.23. The van der Waals surface area contributed by atoms with Gasteiger partial charge in [0.05, 0.1) is 35.2 Å². The van der Waals surface area contributed by atoms with Gasteiger partial charge in [0, 0.05) is 38.7 Å². The van der Waals surface area contributed by atoms with Crippen LogP contribution in [0.5, 0.6) is 0 Å². The lowest BCUT2D eigenvalue weighted by atomic mass is 9.90. The predicted molar refractivity (Wildman–Crippen MR) is 141 cm³/mol. The normalized spacial score (nSPS) is 15.0. The first kappa shape index (κ1) is 24.8. The van der Waals surface area contributed by atoms with E-state index in [4.69, 9.17) is 4.98 Å². The molecule has 1 atom stereocenters. The first-order valence-electron chi connectivity index (χ1n) is 12.8. The van der Waals surface area contributed by atoms with E-state index in [-0.39, 0.29) is 11.9 Å². The highest BCUT2D eigenvalue weighted by atomic mass is 16.1. The van der Waals surface area contributed by atoms with Crippen molar-refractivity contribution in [3.63, 3.8) is 0 Å². The van der Waals surface area contributed by atoms with E-state index in [0.29, 0.717) is 23.5 Å². The largest absolute Gasteiger partial charge is 0.348 e. The smallest absolute Gasteiger partial charge is 0.255 e. The molecular weight excluding hydrogens is 462 g/mol. The van der Waals surface area contributed by atoms with Crippen LogP contribution >= 0.6 is 0 Å². The summed E-state index contributed by atoms with van der Waals surface area (Å²) in [5.74, 6) is 0.879. The third-order valence-corrected chi connectivity index (χ3v) is 7.16. The third-order valence-electron chi connectivity index (χ3n) is 7.16. The molecule has 8 heteroatoms. The second-order valence-corrected chi connectivity index (χ2v) is 9.74. The molecular formula is C29H33N7O.